The molecule has 0 aliphatic carbocycles. The normalized spacial score (nSPS) is 23.1. The molecule has 17 heavy (non-hydrogen) atoms. The lowest BCUT2D eigenvalue weighted by molar-refractivity contribution is -0.0192. The highest BCUT2D eigenvalue weighted by Crippen LogP contribution is 2.34. The van der Waals surface area contributed by atoms with Gasteiger partial charge in [0.1, 0.15) is 5.60 Å². The van der Waals surface area contributed by atoms with E-state index in [2.05, 4.69) is 12.2 Å². The first-order valence-corrected chi connectivity index (χ1v) is 6.19. The van der Waals surface area contributed by atoms with Crippen molar-refractivity contribution in [3.8, 4) is 0 Å². The Morgan fingerprint density at radius 2 is 2.00 bits per heavy atom. The summed E-state index contributed by atoms with van der Waals surface area (Å²) in [6.45, 7) is 7.75. The van der Waals surface area contributed by atoms with Crippen LogP contribution in [0.2, 0.25) is 0 Å². The fraction of sp³-hybridized carbons (Fsp3) is 0.769. The van der Waals surface area contributed by atoms with Crippen molar-refractivity contribution in [2.24, 2.45) is 0 Å². The molecule has 0 aromatic carbocycles. The van der Waals surface area contributed by atoms with Crippen LogP contribution in [0.3, 0.4) is 0 Å². The van der Waals surface area contributed by atoms with Crippen LogP contribution in [-0.4, -0.2) is 41.9 Å². The predicted octanol–water partition coefficient (Wildman–Crippen LogP) is 2.34. The molecule has 0 unspecified atom stereocenters. The van der Waals surface area contributed by atoms with E-state index in [1.165, 1.54) is 0 Å². The van der Waals surface area contributed by atoms with Crippen molar-refractivity contribution >= 4 is 6.09 Å². The molecule has 96 valence electrons. The van der Waals surface area contributed by atoms with Gasteiger partial charge in [-0.2, -0.15) is 0 Å². The molecule has 0 saturated carbocycles. The van der Waals surface area contributed by atoms with Gasteiger partial charge < -0.3 is 9.47 Å². The maximum atomic E-state index is 12.2. The van der Waals surface area contributed by atoms with Crippen molar-refractivity contribution in [3.63, 3.8) is 0 Å². The van der Waals surface area contributed by atoms with E-state index in [0.29, 0.717) is 19.8 Å². The van der Waals surface area contributed by atoms with Crippen LogP contribution in [-0.2, 0) is 9.47 Å². The molecule has 0 radical (unpaired) electrons. The zero-order valence-electron chi connectivity index (χ0n) is 10.9. The summed E-state index contributed by atoms with van der Waals surface area (Å²) in [7, 11) is 0. The number of rotatable bonds is 0. The van der Waals surface area contributed by atoms with E-state index in [1.54, 1.807) is 0 Å². The molecular weight excluding hydrogens is 218 g/mol. The molecule has 0 bridgehead atoms. The first-order chi connectivity index (χ1) is 7.93. The van der Waals surface area contributed by atoms with Gasteiger partial charge in [-0.3, -0.25) is 4.90 Å². The monoisotopic (exact) mass is 239 g/mol. The van der Waals surface area contributed by atoms with E-state index in [0.717, 1.165) is 12.8 Å². The Labute approximate surface area is 103 Å². The van der Waals surface area contributed by atoms with Gasteiger partial charge in [0.15, 0.2) is 0 Å². The quantitative estimate of drug-likeness (QED) is 0.609. The molecule has 1 fully saturated rings. The predicted molar refractivity (Wildman–Crippen MR) is 64.9 cm³/mol. The topological polar surface area (TPSA) is 38.8 Å². The third-order valence-electron chi connectivity index (χ3n) is 3.23. The van der Waals surface area contributed by atoms with Crippen LogP contribution >= 0.6 is 0 Å². The summed E-state index contributed by atoms with van der Waals surface area (Å²) in [6, 6.07) is 0. The molecule has 2 heterocycles. The summed E-state index contributed by atoms with van der Waals surface area (Å²) >= 11 is 0. The summed E-state index contributed by atoms with van der Waals surface area (Å²) in [5, 5.41) is 0. The standard InChI is InChI=1S/C13H21NO3/c1-12(2,3)17-11(15)14-8-4-5-13(14)6-9-16-10-7-13/h4-5H,6-10H2,1-3H3. The molecule has 2 rings (SSSR count). The maximum absolute atomic E-state index is 12.2. The van der Waals surface area contributed by atoms with Gasteiger partial charge >= 0.3 is 6.09 Å². The molecule has 0 aromatic heterocycles. The molecule has 0 atom stereocenters. The van der Waals surface area contributed by atoms with Crippen molar-refractivity contribution in [2.45, 2.75) is 44.8 Å². The number of hydrogen-bond acceptors (Lipinski definition) is 3. The summed E-state index contributed by atoms with van der Waals surface area (Å²) in [5.74, 6) is 0. The summed E-state index contributed by atoms with van der Waals surface area (Å²) < 4.78 is 10.8. The minimum atomic E-state index is -0.438. The Kier molecular flexibility index (Phi) is 3.17. The minimum absolute atomic E-state index is 0.166. The van der Waals surface area contributed by atoms with Gasteiger partial charge in [0, 0.05) is 19.8 Å². The van der Waals surface area contributed by atoms with Crippen LogP contribution in [0.15, 0.2) is 12.2 Å². The molecular formula is C13H21NO3. The number of hydrogen-bond donors (Lipinski definition) is 0. The zero-order chi connectivity index (χ0) is 12.5. The average molecular weight is 239 g/mol. The maximum Gasteiger partial charge on any atom is 0.411 e. The molecule has 4 nitrogen and oxygen atoms in total. The van der Waals surface area contributed by atoms with Gasteiger partial charge in [0.05, 0.1) is 5.54 Å². The Morgan fingerprint density at radius 1 is 1.35 bits per heavy atom. The van der Waals surface area contributed by atoms with E-state index >= 15 is 0 Å². The molecule has 0 aromatic rings. The Hall–Kier alpha value is -1.03. The van der Waals surface area contributed by atoms with Crippen LogP contribution in [0.25, 0.3) is 0 Å². The molecule has 2 aliphatic rings. The third kappa shape index (κ3) is 2.63. The van der Waals surface area contributed by atoms with Gasteiger partial charge in [-0.15, -0.1) is 0 Å². The van der Waals surface area contributed by atoms with Crippen LogP contribution in [0.5, 0.6) is 0 Å². The van der Waals surface area contributed by atoms with Crippen molar-refractivity contribution < 1.29 is 14.3 Å². The highest BCUT2D eigenvalue weighted by molar-refractivity contribution is 5.70. The summed E-state index contributed by atoms with van der Waals surface area (Å²) in [5.41, 5.74) is -0.605. The van der Waals surface area contributed by atoms with E-state index in [4.69, 9.17) is 9.47 Å². The Morgan fingerprint density at radius 3 is 2.59 bits per heavy atom. The molecule has 2 aliphatic heterocycles. The van der Waals surface area contributed by atoms with E-state index < -0.39 is 5.60 Å². The Balaban J connectivity index is 2.08. The minimum Gasteiger partial charge on any atom is -0.444 e. The molecule has 4 heteroatoms. The SMILES string of the molecule is CC(C)(C)OC(=O)N1CC=CC12CCOCC2. The van der Waals surface area contributed by atoms with Crippen molar-refractivity contribution in [1.82, 2.24) is 4.90 Å². The highest BCUT2D eigenvalue weighted by atomic mass is 16.6. The lowest BCUT2D eigenvalue weighted by atomic mass is 9.90. The second-order valence-corrected chi connectivity index (χ2v) is 5.71. The van der Waals surface area contributed by atoms with Crippen molar-refractivity contribution in [2.75, 3.05) is 19.8 Å². The number of carbonyl (C=O) groups is 1. The second kappa shape index (κ2) is 4.33. The molecule has 1 saturated heterocycles. The number of ether oxygens (including phenoxy) is 2. The number of amides is 1. The molecule has 1 amide bonds. The van der Waals surface area contributed by atoms with Gasteiger partial charge in [-0.05, 0) is 33.6 Å². The van der Waals surface area contributed by atoms with Crippen LogP contribution in [0.1, 0.15) is 33.6 Å². The summed E-state index contributed by atoms with van der Waals surface area (Å²) in [6.07, 6.45) is 5.70. The third-order valence-corrected chi connectivity index (χ3v) is 3.23. The number of carbonyl (C=O) groups excluding carboxylic acids is 1. The van der Waals surface area contributed by atoms with Crippen LogP contribution in [0, 0.1) is 0 Å². The average Bonchev–Trinajstić information content (AvgIpc) is 2.60. The van der Waals surface area contributed by atoms with E-state index in [-0.39, 0.29) is 11.6 Å². The van der Waals surface area contributed by atoms with E-state index in [1.807, 2.05) is 25.7 Å². The lowest BCUT2D eigenvalue weighted by Crippen LogP contribution is -2.52. The van der Waals surface area contributed by atoms with Gasteiger partial charge in [-0.25, -0.2) is 4.79 Å². The highest BCUT2D eigenvalue weighted by Gasteiger charge is 2.43. The van der Waals surface area contributed by atoms with Gasteiger partial charge in [0.2, 0.25) is 0 Å². The second-order valence-electron chi connectivity index (χ2n) is 5.71. The first kappa shape index (κ1) is 12.4. The van der Waals surface area contributed by atoms with Crippen molar-refractivity contribution in [1.29, 1.82) is 0 Å². The van der Waals surface area contributed by atoms with E-state index in [9.17, 15) is 4.79 Å². The number of nitrogens with zero attached hydrogens (tertiary/aromatic N) is 1. The largest absolute Gasteiger partial charge is 0.444 e. The van der Waals surface area contributed by atoms with Gasteiger partial charge in [-0.1, -0.05) is 12.2 Å². The smallest absolute Gasteiger partial charge is 0.411 e. The fourth-order valence-electron chi connectivity index (χ4n) is 2.38. The van der Waals surface area contributed by atoms with Crippen LogP contribution in [0.4, 0.5) is 4.79 Å². The first-order valence-electron chi connectivity index (χ1n) is 6.19. The summed E-state index contributed by atoms with van der Waals surface area (Å²) in [4.78, 5) is 14.0. The van der Waals surface area contributed by atoms with Gasteiger partial charge in [0.25, 0.3) is 0 Å². The molecule has 0 N–H and O–H groups in total. The zero-order valence-corrected chi connectivity index (χ0v) is 10.9. The molecule has 1 spiro atoms. The lowest BCUT2D eigenvalue weighted by Gasteiger charge is -2.41. The Bertz CT molecular complexity index is 324. The fourth-order valence-corrected chi connectivity index (χ4v) is 2.38. The van der Waals surface area contributed by atoms with Crippen LogP contribution < -0.4 is 0 Å². The van der Waals surface area contributed by atoms with Crippen molar-refractivity contribution in [3.05, 3.63) is 12.2 Å².